The average Bonchev–Trinajstić information content (AvgIpc) is 3.17. The molecule has 0 aliphatic carbocycles. The Kier molecular flexibility index (Phi) is 15.5. The molecule has 1 amide bonds. The fraction of sp³-hybridized carbons (Fsp3) is 0.815. The van der Waals surface area contributed by atoms with Crippen LogP contribution in [0.4, 0.5) is 0 Å². The smallest absolute Gasteiger partial charge is 0.221 e. The number of carbonyl (C=O) groups is 1. The number of amides is 1. The first-order chi connectivity index (χ1) is 15.1. The van der Waals surface area contributed by atoms with E-state index in [2.05, 4.69) is 56.0 Å². The number of unbranched alkanes of at least 4 members (excludes halogenated alkanes) is 12. The van der Waals surface area contributed by atoms with Crippen LogP contribution in [0.5, 0.6) is 0 Å². The van der Waals surface area contributed by atoms with Crippen LogP contribution in [0.25, 0.3) is 0 Å². The van der Waals surface area contributed by atoms with Crippen LogP contribution in [0.15, 0.2) is 24.6 Å². The maximum absolute atomic E-state index is 11.5. The van der Waals surface area contributed by atoms with Gasteiger partial charge in [-0.2, -0.15) is 0 Å². The highest BCUT2D eigenvalue weighted by Gasteiger charge is 2.41. The van der Waals surface area contributed by atoms with E-state index in [-0.39, 0.29) is 12.1 Å². The SMILES string of the molecule is CCCCCCCCCCCC/C=C/CCCCC1NC=C[N+]1(CC)C(C)NC(C)=O. The van der Waals surface area contributed by atoms with Crippen LogP contribution >= 0.6 is 0 Å². The molecule has 0 bridgehead atoms. The van der Waals surface area contributed by atoms with Gasteiger partial charge < -0.3 is 10.6 Å². The number of quaternary nitrogens is 1. The van der Waals surface area contributed by atoms with Crippen molar-refractivity contribution in [2.45, 2.75) is 136 Å². The molecule has 3 unspecified atom stereocenters. The van der Waals surface area contributed by atoms with Crippen molar-refractivity contribution in [1.82, 2.24) is 10.6 Å². The third-order valence-corrected chi connectivity index (χ3v) is 6.89. The van der Waals surface area contributed by atoms with Crippen LogP contribution in [-0.2, 0) is 4.79 Å². The molecule has 4 nitrogen and oxygen atoms in total. The summed E-state index contributed by atoms with van der Waals surface area (Å²) in [6, 6.07) is 0. The van der Waals surface area contributed by atoms with Crippen molar-refractivity contribution < 1.29 is 9.28 Å². The van der Waals surface area contributed by atoms with E-state index in [0.717, 1.165) is 17.4 Å². The van der Waals surface area contributed by atoms with Gasteiger partial charge in [-0.15, -0.1) is 0 Å². The zero-order chi connectivity index (χ0) is 22.8. The van der Waals surface area contributed by atoms with Crippen LogP contribution in [0.3, 0.4) is 0 Å². The van der Waals surface area contributed by atoms with Gasteiger partial charge in [-0.05, 0) is 39.0 Å². The van der Waals surface area contributed by atoms with Crippen molar-refractivity contribution in [3.63, 3.8) is 0 Å². The first-order valence-electron chi connectivity index (χ1n) is 13.3. The topological polar surface area (TPSA) is 41.1 Å². The van der Waals surface area contributed by atoms with Crippen molar-refractivity contribution in [2.24, 2.45) is 0 Å². The highest BCUT2D eigenvalue weighted by molar-refractivity contribution is 5.72. The third kappa shape index (κ3) is 11.2. The molecule has 0 radical (unpaired) electrons. The molecular formula is C27H52N3O+. The van der Waals surface area contributed by atoms with E-state index in [1.807, 2.05) is 0 Å². The highest BCUT2D eigenvalue weighted by atomic mass is 16.1. The van der Waals surface area contributed by atoms with Crippen molar-refractivity contribution in [2.75, 3.05) is 6.54 Å². The predicted molar refractivity (Wildman–Crippen MR) is 134 cm³/mol. The number of carbonyl (C=O) groups excluding carboxylic acids is 1. The van der Waals surface area contributed by atoms with E-state index in [4.69, 9.17) is 0 Å². The lowest BCUT2D eigenvalue weighted by atomic mass is 10.1. The van der Waals surface area contributed by atoms with Gasteiger partial charge >= 0.3 is 0 Å². The summed E-state index contributed by atoms with van der Waals surface area (Å²) in [7, 11) is 0. The molecule has 0 aromatic carbocycles. The minimum Gasteiger partial charge on any atom is -0.338 e. The van der Waals surface area contributed by atoms with Gasteiger partial charge in [-0.1, -0.05) is 76.9 Å². The molecular weight excluding hydrogens is 382 g/mol. The first kappa shape index (κ1) is 27.7. The first-order valence-corrected chi connectivity index (χ1v) is 13.3. The molecule has 4 heteroatoms. The molecule has 1 aliphatic heterocycles. The predicted octanol–water partition coefficient (Wildman–Crippen LogP) is 7.13. The van der Waals surface area contributed by atoms with Crippen molar-refractivity contribution in [1.29, 1.82) is 0 Å². The van der Waals surface area contributed by atoms with E-state index in [0.29, 0.717) is 6.17 Å². The maximum atomic E-state index is 11.5. The Balaban J connectivity index is 2.05. The standard InChI is InChI=1S/C27H51N3O/c1-5-7-8-9-10-11-12-13-14-15-16-17-18-19-20-21-22-27-28-23-24-30(27,6-2)25(3)29-26(4)31/h17-18,23-25,27-28H,5-16,19-22H2,1-4H3/p+1/b18-17+. The summed E-state index contributed by atoms with van der Waals surface area (Å²) in [4.78, 5) is 11.5. The largest absolute Gasteiger partial charge is 0.338 e. The second-order valence-electron chi connectivity index (χ2n) is 9.41. The Morgan fingerprint density at radius 2 is 1.48 bits per heavy atom. The number of allylic oxidation sites excluding steroid dienone is 2. The molecule has 0 saturated heterocycles. The van der Waals surface area contributed by atoms with Crippen LogP contribution < -0.4 is 10.6 Å². The summed E-state index contributed by atoms with van der Waals surface area (Å²) in [5.74, 6) is 0.0463. The zero-order valence-corrected chi connectivity index (χ0v) is 21.1. The molecule has 180 valence electrons. The number of hydrogen-bond donors (Lipinski definition) is 2. The van der Waals surface area contributed by atoms with Crippen molar-refractivity contribution >= 4 is 5.91 Å². The third-order valence-electron chi connectivity index (χ3n) is 6.89. The van der Waals surface area contributed by atoms with Crippen LogP contribution in [0.1, 0.15) is 124 Å². The fourth-order valence-electron chi connectivity index (χ4n) is 4.86. The molecule has 1 heterocycles. The number of rotatable bonds is 19. The lowest BCUT2D eigenvalue weighted by molar-refractivity contribution is -0.923. The quantitative estimate of drug-likeness (QED) is 0.129. The average molecular weight is 435 g/mol. The summed E-state index contributed by atoms with van der Waals surface area (Å²) in [6.45, 7) is 9.19. The van der Waals surface area contributed by atoms with Crippen molar-refractivity contribution in [3.8, 4) is 0 Å². The molecule has 0 spiro atoms. The second-order valence-corrected chi connectivity index (χ2v) is 9.41. The summed E-state index contributed by atoms with van der Waals surface area (Å²) < 4.78 is 0.800. The number of nitrogens with one attached hydrogen (secondary N) is 2. The summed E-state index contributed by atoms with van der Waals surface area (Å²) in [5, 5.41) is 6.62. The Morgan fingerprint density at radius 1 is 0.935 bits per heavy atom. The minimum absolute atomic E-state index is 0.0463. The zero-order valence-electron chi connectivity index (χ0n) is 21.1. The molecule has 1 rings (SSSR count). The summed E-state index contributed by atoms with van der Waals surface area (Å²) in [6.07, 6.45) is 29.7. The molecule has 31 heavy (non-hydrogen) atoms. The van der Waals surface area contributed by atoms with Gasteiger partial charge in [0.05, 0.1) is 12.7 Å². The molecule has 0 saturated carbocycles. The highest BCUT2D eigenvalue weighted by Crippen LogP contribution is 2.26. The van der Waals surface area contributed by atoms with Gasteiger partial charge in [0.2, 0.25) is 5.91 Å². The minimum atomic E-state index is 0.0463. The van der Waals surface area contributed by atoms with E-state index < -0.39 is 0 Å². The van der Waals surface area contributed by atoms with Gasteiger partial charge in [0.1, 0.15) is 6.20 Å². The molecule has 0 aromatic heterocycles. The van der Waals surface area contributed by atoms with Gasteiger partial charge in [-0.25, -0.2) is 0 Å². The molecule has 3 atom stereocenters. The molecule has 0 aromatic rings. The Hall–Kier alpha value is -1.29. The second kappa shape index (κ2) is 17.3. The van der Waals surface area contributed by atoms with Gasteiger partial charge in [0.25, 0.3) is 0 Å². The van der Waals surface area contributed by atoms with Crippen molar-refractivity contribution in [3.05, 3.63) is 24.6 Å². The maximum Gasteiger partial charge on any atom is 0.221 e. The van der Waals surface area contributed by atoms with Gasteiger partial charge in [-0.3, -0.25) is 9.28 Å². The normalized spacial score (nSPS) is 21.5. The van der Waals surface area contributed by atoms with Crippen LogP contribution in [0, 0.1) is 0 Å². The Labute approximate surface area is 193 Å². The monoisotopic (exact) mass is 434 g/mol. The van der Waals surface area contributed by atoms with E-state index >= 15 is 0 Å². The summed E-state index contributed by atoms with van der Waals surface area (Å²) in [5.41, 5.74) is 0. The van der Waals surface area contributed by atoms with E-state index in [1.165, 1.54) is 89.9 Å². The lowest BCUT2D eigenvalue weighted by Gasteiger charge is -2.41. The van der Waals surface area contributed by atoms with Crippen LogP contribution in [0.2, 0.25) is 0 Å². The van der Waals surface area contributed by atoms with Gasteiger partial charge in [0, 0.05) is 20.3 Å². The van der Waals surface area contributed by atoms with E-state index in [1.54, 1.807) is 6.92 Å². The van der Waals surface area contributed by atoms with Gasteiger partial charge in [0.15, 0.2) is 12.3 Å². The molecule has 2 N–H and O–H groups in total. The lowest BCUT2D eigenvalue weighted by Crippen LogP contribution is -2.62. The fourth-order valence-corrected chi connectivity index (χ4v) is 4.86. The molecule has 0 fully saturated rings. The number of hydrogen-bond acceptors (Lipinski definition) is 2. The van der Waals surface area contributed by atoms with E-state index in [9.17, 15) is 4.79 Å². The Bertz CT molecular complexity index is 517. The van der Waals surface area contributed by atoms with Crippen LogP contribution in [-0.4, -0.2) is 29.3 Å². The molecule has 1 aliphatic rings. The summed E-state index contributed by atoms with van der Waals surface area (Å²) >= 11 is 0. The Morgan fingerprint density at radius 3 is 2.03 bits per heavy atom. The number of nitrogens with zero attached hydrogens (tertiary/aromatic N) is 1.